The van der Waals surface area contributed by atoms with Crippen LogP contribution in [-0.2, 0) is 20.2 Å². The fraction of sp³-hybridized carbons (Fsp3) is 0.179. The summed E-state index contributed by atoms with van der Waals surface area (Å²) < 4.78 is 28.3. The molecule has 0 radical (unpaired) electrons. The number of carbonyl (C=O) groups is 1. The highest BCUT2D eigenvalue weighted by Gasteiger charge is 2.55. The number of benzene rings is 4. The highest BCUT2D eigenvalue weighted by molar-refractivity contribution is 7.92. The summed E-state index contributed by atoms with van der Waals surface area (Å²) in [5.41, 5.74) is -0.653. The number of rotatable bonds is 4. The molecule has 5 heteroatoms. The van der Waals surface area contributed by atoms with E-state index in [0.29, 0.717) is 5.56 Å². The van der Waals surface area contributed by atoms with Crippen molar-refractivity contribution in [2.24, 2.45) is 0 Å². The summed E-state index contributed by atoms with van der Waals surface area (Å²) >= 11 is 0. The Hall–Kier alpha value is -3.28. The van der Waals surface area contributed by atoms with Gasteiger partial charge in [-0.05, 0) is 34.0 Å². The molecule has 166 valence electrons. The van der Waals surface area contributed by atoms with Gasteiger partial charge in [0.15, 0.2) is 9.84 Å². The maximum absolute atomic E-state index is 14.1. The summed E-state index contributed by atoms with van der Waals surface area (Å²) in [6.45, 7) is 0. The molecule has 3 atom stereocenters. The van der Waals surface area contributed by atoms with Crippen LogP contribution < -0.4 is 0 Å². The van der Waals surface area contributed by atoms with E-state index in [4.69, 9.17) is 0 Å². The number of Topliss-reactive ketones (excluding diaryl/α,β-unsaturated/α-hetero) is 1. The van der Waals surface area contributed by atoms with Gasteiger partial charge in [0.2, 0.25) is 0 Å². The van der Waals surface area contributed by atoms with Crippen molar-refractivity contribution in [1.82, 2.24) is 0 Å². The van der Waals surface area contributed by atoms with Crippen LogP contribution in [0, 0.1) is 0 Å². The van der Waals surface area contributed by atoms with Crippen LogP contribution in [0.3, 0.4) is 0 Å². The second-order valence-corrected chi connectivity index (χ2v) is 10.7. The lowest BCUT2D eigenvalue weighted by molar-refractivity contribution is -0.129. The standard InChI is InChI=1S/C28H24O4S/c29-22-18-26(25-17-9-11-20-10-7-8-16-24(20)25)27(33(31,32)23-14-5-2-6-15-23)28(30,19-22)21-12-3-1-4-13-21/h1-17,26-27,30H,18-19H2/t26-,27-,28-/m0/s1. The van der Waals surface area contributed by atoms with Gasteiger partial charge in [-0.2, -0.15) is 0 Å². The molecule has 4 aromatic carbocycles. The zero-order valence-electron chi connectivity index (χ0n) is 18.0. The Morgan fingerprint density at radius 2 is 1.36 bits per heavy atom. The van der Waals surface area contributed by atoms with Gasteiger partial charge in [0.25, 0.3) is 0 Å². The summed E-state index contributed by atoms with van der Waals surface area (Å²) in [5.74, 6) is -0.855. The fourth-order valence-electron chi connectivity index (χ4n) is 5.23. The molecule has 1 N–H and O–H groups in total. The smallest absolute Gasteiger partial charge is 0.185 e. The lowest BCUT2D eigenvalue weighted by Gasteiger charge is -2.44. The van der Waals surface area contributed by atoms with Gasteiger partial charge in [0.05, 0.1) is 4.90 Å². The maximum atomic E-state index is 14.1. The van der Waals surface area contributed by atoms with Gasteiger partial charge in [-0.25, -0.2) is 8.42 Å². The summed E-state index contributed by atoms with van der Waals surface area (Å²) in [6, 6.07) is 30.4. The second kappa shape index (κ2) is 8.25. The Bertz CT molecular complexity index is 1410. The molecule has 0 saturated heterocycles. The molecule has 4 nitrogen and oxygen atoms in total. The molecule has 5 rings (SSSR count). The fourth-order valence-corrected chi connectivity index (χ4v) is 7.47. The Morgan fingerprint density at radius 1 is 0.758 bits per heavy atom. The predicted molar refractivity (Wildman–Crippen MR) is 129 cm³/mol. The van der Waals surface area contributed by atoms with E-state index >= 15 is 0 Å². The van der Waals surface area contributed by atoms with Crippen molar-refractivity contribution >= 4 is 26.4 Å². The van der Waals surface area contributed by atoms with Crippen LogP contribution in [0.1, 0.15) is 29.9 Å². The van der Waals surface area contributed by atoms with Crippen molar-refractivity contribution in [2.75, 3.05) is 0 Å². The Balaban J connectivity index is 1.79. The predicted octanol–water partition coefficient (Wildman–Crippen LogP) is 5.02. The molecule has 0 aromatic heterocycles. The average Bonchev–Trinajstić information content (AvgIpc) is 2.84. The van der Waals surface area contributed by atoms with Crippen molar-refractivity contribution in [1.29, 1.82) is 0 Å². The second-order valence-electron chi connectivity index (χ2n) is 8.66. The number of sulfone groups is 1. The summed E-state index contributed by atoms with van der Waals surface area (Å²) in [7, 11) is -4.01. The van der Waals surface area contributed by atoms with Gasteiger partial charge in [-0.1, -0.05) is 91.0 Å². The Kier molecular flexibility index (Phi) is 5.39. The minimum absolute atomic E-state index is 0.0554. The first kappa shape index (κ1) is 21.6. The molecule has 1 aliphatic carbocycles. The van der Waals surface area contributed by atoms with Gasteiger partial charge in [0, 0.05) is 18.8 Å². The summed E-state index contributed by atoms with van der Waals surface area (Å²) in [4.78, 5) is 13.2. The number of ketones is 1. The molecule has 4 aromatic rings. The molecule has 0 aliphatic heterocycles. The monoisotopic (exact) mass is 456 g/mol. The van der Waals surface area contributed by atoms with E-state index < -0.39 is 26.6 Å². The van der Waals surface area contributed by atoms with Crippen LogP contribution in [-0.4, -0.2) is 24.6 Å². The molecule has 1 saturated carbocycles. The third kappa shape index (κ3) is 3.67. The van der Waals surface area contributed by atoms with Gasteiger partial charge in [-0.3, -0.25) is 4.79 Å². The maximum Gasteiger partial charge on any atom is 0.185 e. The molecule has 0 unspecified atom stereocenters. The van der Waals surface area contributed by atoms with E-state index in [9.17, 15) is 18.3 Å². The van der Waals surface area contributed by atoms with E-state index in [-0.39, 0.29) is 23.5 Å². The zero-order valence-corrected chi connectivity index (χ0v) is 18.8. The third-order valence-corrected chi connectivity index (χ3v) is 8.97. The number of aliphatic hydroxyl groups is 1. The van der Waals surface area contributed by atoms with E-state index in [1.165, 1.54) is 0 Å². The molecule has 0 heterocycles. The number of hydrogen-bond acceptors (Lipinski definition) is 4. The molecule has 1 fully saturated rings. The first-order valence-electron chi connectivity index (χ1n) is 11.0. The number of carbonyl (C=O) groups excluding carboxylic acids is 1. The third-order valence-electron chi connectivity index (χ3n) is 6.65. The molecule has 0 spiro atoms. The van der Waals surface area contributed by atoms with Gasteiger partial charge in [-0.15, -0.1) is 0 Å². The topological polar surface area (TPSA) is 71.4 Å². The highest BCUT2D eigenvalue weighted by Crippen LogP contribution is 2.49. The van der Waals surface area contributed by atoms with Crippen molar-refractivity contribution in [3.63, 3.8) is 0 Å². The van der Waals surface area contributed by atoms with Crippen LogP contribution in [0.25, 0.3) is 10.8 Å². The largest absolute Gasteiger partial charge is 0.383 e. The highest BCUT2D eigenvalue weighted by atomic mass is 32.2. The zero-order chi connectivity index (χ0) is 23.1. The normalized spacial score (nSPS) is 23.5. The van der Waals surface area contributed by atoms with E-state index in [2.05, 4.69) is 0 Å². The average molecular weight is 457 g/mol. The van der Waals surface area contributed by atoms with E-state index in [0.717, 1.165) is 16.3 Å². The first-order chi connectivity index (χ1) is 15.9. The molecular weight excluding hydrogens is 432 g/mol. The SMILES string of the molecule is O=C1C[C@@H](c2cccc3ccccc23)[C@H](S(=O)(=O)c2ccccc2)[C@@](O)(c2ccccc2)C1. The number of hydrogen-bond donors (Lipinski definition) is 1. The molecular formula is C28H24O4S. The molecule has 0 bridgehead atoms. The summed E-state index contributed by atoms with van der Waals surface area (Å²) in [5, 5.41) is 12.7. The quantitative estimate of drug-likeness (QED) is 0.468. The minimum atomic E-state index is -4.01. The molecule has 0 amide bonds. The lowest BCUT2D eigenvalue weighted by Crippen LogP contribution is -2.53. The first-order valence-corrected chi connectivity index (χ1v) is 12.5. The molecule has 1 aliphatic rings. The van der Waals surface area contributed by atoms with Crippen LogP contribution in [0.4, 0.5) is 0 Å². The van der Waals surface area contributed by atoms with E-state index in [1.807, 2.05) is 42.5 Å². The lowest BCUT2D eigenvalue weighted by atomic mass is 9.70. The van der Waals surface area contributed by atoms with Crippen LogP contribution >= 0.6 is 0 Å². The van der Waals surface area contributed by atoms with Crippen LogP contribution in [0.15, 0.2) is 108 Å². The molecule has 33 heavy (non-hydrogen) atoms. The van der Waals surface area contributed by atoms with Crippen molar-refractivity contribution in [2.45, 2.75) is 34.5 Å². The Labute approximate surface area is 193 Å². The van der Waals surface area contributed by atoms with Crippen molar-refractivity contribution in [3.8, 4) is 0 Å². The Morgan fingerprint density at radius 3 is 2.09 bits per heavy atom. The van der Waals surface area contributed by atoms with Crippen molar-refractivity contribution < 1.29 is 18.3 Å². The minimum Gasteiger partial charge on any atom is -0.383 e. The van der Waals surface area contributed by atoms with Crippen LogP contribution in [0.5, 0.6) is 0 Å². The van der Waals surface area contributed by atoms with E-state index in [1.54, 1.807) is 60.7 Å². The number of fused-ring (bicyclic) bond motifs is 1. The van der Waals surface area contributed by atoms with Crippen molar-refractivity contribution in [3.05, 3.63) is 114 Å². The van der Waals surface area contributed by atoms with Gasteiger partial charge >= 0.3 is 0 Å². The van der Waals surface area contributed by atoms with Gasteiger partial charge < -0.3 is 5.11 Å². The van der Waals surface area contributed by atoms with Gasteiger partial charge in [0.1, 0.15) is 16.6 Å². The summed E-state index contributed by atoms with van der Waals surface area (Å²) in [6.07, 6.45) is -0.186. The van der Waals surface area contributed by atoms with Crippen LogP contribution in [0.2, 0.25) is 0 Å².